The van der Waals surface area contributed by atoms with Gasteiger partial charge in [0, 0.05) is 37.1 Å². The number of hydrogen-bond donors (Lipinski definition) is 1. The SMILES string of the molecule is CC(C)C(=O)N1CCN(c2ccc(Cl)cc2N=C(N)CCl)CC1. The Morgan fingerprint density at radius 1 is 1.30 bits per heavy atom. The van der Waals surface area contributed by atoms with Gasteiger partial charge in [-0.3, -0.25) is 4.79 Å². The predicted molar refractivity (Wildman–Crippen MR) is 97.1 cm³/mol. The lowest BCUT2D eigenvalue weighted by atomic mass is 10.1. The van der Waals surface area contributed by atoms with Gasteiger partial charge in [-0.2, -0.15) is 0 Å². The summed E-state index contributed by atoms with van der Waals surface area (Å²) >= 11 is 11.8. The Morgan fingerprint density at radius 2 is 1.96 bits per heavy atom. The molecule has 1 aliphatic rings. The van der Waals surface area contributed by atoms with Crippen LogP contribution in [0.25, 0.3) is 0 Å². The Morgan fingerprint density at radius 3 is 2.52 bits per heavy atom. The van der Waals surface area contributed by atoms with Gasteiger partial charge in [-0.05, 0) is 18.2 Å². The molecule has 1 heterocycles. The number of nitrogens with two attached hydrogens (primary N) is 1. The minimum Gasteiger partial charge on any atom is -0.386 e. The summed E-state index contributed by atoms with van der Waals surface area (Å²) in [5.74, 6) is 0.748. The summed E-state index contributed by atoms with van der Waals surface area (Å²) in [7, 11) is 0. The van der Waals surface area contributed by atoms with Crippen LogP contribution in [0.4, 0.5) is 11.4 Å². The quantitative estimate of drug-likeness (QED) is 0.512. The molecule has 0 atom stereocenters. The lowest BCUT2D eigenvalue weighted by Gasteiger charge is -2.37. The molecule has 23 heavy (non-hydrogen) atoms. The second-order valence-electron chi connectivity index (χ2n) is 5.84. The van der Waals surface area contributed by atoms with Crippen molar-refractivity contribution in [1.82, 2.24) is 4.90 Å². The van der Waals surface area contributed by atoms with Crippen LogP contribution in [0.3, 0.4) is 0 Å². The molecule has 1 aromatic rings. The number of alkyl halides is 1. The molecule has 1 saturated heterocycles. The molecular weight excluding hydrogens is 335 g/mol. The van der Waals surface area contributed by atoms with E-state index in [1.165, 1.54) is 0 Å². The average Bonchev–Trinajstić information content (AvgIpc) is 2.54. The second-order valence-corrected chi connectivity index (χ2v) is 6.54. The van der Waals surface area contributed by atoms with E-state index in [2.05, 4.69) is 9.89 Å². The lowest BCUT2D eigenvalue weighted by molar-refractivity contribution is -0.134. The average molecular weight is 357 g/mol. The molecule has 0 aliphatic carbocycles. The van der Waals surface area contributed by atoms with Gasteiger partial charge >= 0.3 is 0 Å². The maximum atomic E-state index is 12.1. The summed E-state index contributed by atoms with van der Waals surface area (Å²) in [5.41, 5.74) is 7.42. The van der Waals surface area contributed by atoms with Gasteiger partial charge in [0.2, 0.25) is 5.91 Å². The maximum absolute atomic E-state index is 12.1. The molecule has 1 amide bonds. The summed E-state index contributed by atoms with van der Waals surface area (Å²) in [6.07, 6.45) is 0. The van der Waals surface area contributed by atoms with Gasteiger partial charge in [-0.1, -0.05) is 25.4 Å². The highest BCUT2D eigenvalue weighted by molar-refractivity contribution is 6.31. The van der Waals surface area contributed by atoms with Crippen molar-refractivity contribution in [3.8, 4) is 0 Å². The number of hydrogen-bond acceptors (Lipinski definition) is 3. The summed E-state index contributed by atoms with van der Waals surface area (Å²) in [4.78, 5) is 20.5. The molecule has 0 unspecified atom stereocenters. The van der Waals surface area contributed by atoms with Gasteiger partial charge in [0.25, 0.3) is 0 Å². The highest BCUT2D eigenvalue weighted by Crippen LogP contribution is 2.32. The van der Waals surface area contributed by atoms with E-state index in [0.29, 0.717) is 29.6 Å². The van der Waals surface area contributed by atoms with Crippen molar-refractivity contribution in [2.24, 2.45) is 16.6 Å². The topological polar surface area (TPSA) is 61.9 Å². The molecule has 7 heteroatoms. The van der Waals surface area contributed by atoms with Crippen LogP contribution in [0.1, 0.15) is 13.8 Å². The molecular formula is C16H22Cl2N4O. The molecule has 2 N–H and O–H groups in total. The maximum Gasteiger partial charge on any atom is 0.225 e. The first-order chi connectivity index (χ1) is 10.9. The molecule has 0 radical (unpaired) electrons. The fraction of sp³-hybridized carbons (Fsp3) is 0.500. The smallest absolute Gasteiger partial charge is 0.225 e. The highest BCUT2D eigenvalue weighted by atomic mass is 35.5. The number of amides is 1. The van der Waals surface area contributed by atoms with Crippen molar-refractivity contribution in [3.05, 3.63) is 23.2 Å². The van der Waals surface area contributed by atoms with E-state index in [9.17, 15) is 4.79 Å². The van der Waals surface area contributed by atoms with Gasteiger partial charge in [-0.25, -0.2) is 4.99 Å². The highest BCUT2D eigenvalue weighted by Gasteiger charge is 2.24. The summed E-state index contributed by atoms with van der Waals surface area (Å²) < 4.78 is 0. The zero-order chi connectivity index (χ0) is 17.0. The Balaban J connectivity index is 2.16. The Hall–Kier alpha value is -1.46. The third kappa shape index (κ3) is 4.52. The number of benzene rings is 1. The molecule has 0 aromatic heterocycles. The van der Waals surface area contributed by atoms with Crippen LogP contribution in [0.15, 0.2) is 23.2 Å². The van der Waals surface area contributed by atoms with Crippen LogP contribution in [-0.4, -0.2) is 48.7 Å². The zero-order valence-electron chi connectivity index (χ0n) is 13.4. The molecule has 126 valence electrons. The normalized spacial score (nSPS) is 16.1. The number of halogens is 2. The van der Waals surface area contributed by atoms with Crippen LogP contribution < -0.4 is 10.6 Å². The predicted octanol–water partition coefficient (Wildman–Crippen LogP) is 2.87. The van der Waals surface area contributed by atoms with Crippen LogP contribution in [0, 0.1) is 5.92 Å². The minimum atomic E-state index is 0.0285. The number of anilines is 1. The van der Waals surface area contributed by atoms with E-state index in [4.69, 9.17) is 28.9 Å². The second kappa shape index (κ2) is 7.88. The number of rotatable bonds is 4. The van der Waals surface area contributed by atoms with Crippen LogP contribution in [0.2, 0.25) is 5.02 Å². The van der Waals surface area contributed by atoms with Crippen LogP contribution >= 0.6 is 23.2 Å². The molecule has 5 nitrogen and oxygen atoms in total. The summed E-state index contributed by atoms with van der Waals surface area (Å²) in [6, 6.07) is 5.54. The van der Waals surface area contributed by atoms with Gasteiger partial charge in [0.05, 0.1) is 17.3 Å². The summed E-state index contributed by atoms with van der Waals surface area (Å²) in [6.45, 7) is 6.76. The number of nitrogens with zero attached hydrogens (tertiary/aromatic N) is 3. The van der Waals surface area contributed by atoms with Crippen molar-refractivity contribution in [2.45, 2.75) is 13.8 Å². The number of carbonyl (C=O) groups is 1. The number of aliphatic imine (C=N–C) groups is 1. The lowest BCUT2D eigenvalue weighted by Crippen LogP contribution is -2.49. The fourth-order valence-electron chi connectivity index (χ4n) is 2.57. The molecule has 1 fully saturated rings. The van der Waals surface area contributed by atoms with Gasteiger partial charge in [0.1, 0.15) is 5.84 Å². The van der Waals surface area contributed by atoms with Crippen LogP contribution in [0.5, 0.6) is 0 Å². The van der Waals surface area contributed by atoms with Gasteiger partial charge < -0.3 is 15.5 Å². The Kier molecular flexibility index (Phi) is 6.13. The molecule has 2 rings (SSSR count). The van der Waals surface area contributed by atoms with E-state index < -0.39 is 0 Å². The first-order valence-corrected chi connectivity index (χ1v) is 8.56. The fourth-order valence-corrected chi connectivity index (χ4v) is 2.80. The van der Waals surface area contributed by atoms with E-state index >= 15 is 0 Å². The number of carbonyl (C=O) groups excluding carboxylic acids is 1. The Labute approximate surface area is 147 Å². The van der Waals surface area contributed by atoms with E-state index in [1.54, 1.807) is 6.07 Å². The van der Waals surface area contributed by atoms with Crippen LogP contribution in [-0.2, 0) is 4.79 Å². The van der Waals surface area contributed by atoms with Crippen molar-refractivity contribution >= 4 is 46.3 Å². The van der Waals surface area contributed by atoms with Crippen molar-refractivity contribution in [3.63, 3.8) is 0 Å². The van der Waals surface area contributed by atoms with Crippen molar-refractivity contribution < 1.29 is 4.79 Å². The van der Waals surface area contributed by atoms with Gasteiger partial charge in [0.15, 0.2) is 0 Å². The van der Waals surface area contributed by atoms with Crippen molar-refractivity contribution in [1.29, 1.82) is 0 Å². The largest absolute Gasteiger partial charge is 0.386 e. The zero-order valence-corrected chi connectivity index (χ0v) is 14.9. The monoisotopic (exact) mass is 356 g/mol. The standard InChI is InChI=1S/C16H22Cl2N4O/c1-11(2)16(23)22-7-5-21(6-8-22)14-4-3-12(18)9-13(14)20-15(19)10-17/h3-4,9,11H,5-8,10H2,1-2H3,(H2,19,20). The summed E-state index contributed by atoms with van der Waals surface area (Å²) in [5, 5.41) is 0.600. The number of amidine groups is 1. The molecule has 0 spiro atoms. The molecule has 1 aliphatic heterocycles. The molecule has 0 saturated carbocycles. The first kappa shape index (κ1) is 17.9. The van der Waals surface area contributed by atoms with E-state index in [-0.39, 0.29) is 17.7 Å². The van der Waals surface area contributed by atoms with E-state index in [0.717, 1.165) is 18.8 Å². The molecule has 0 bridgehead atoms. The molecule has 1 aromatic carbocycles. The Bertz CT molecular complexity index is 596. The third-order valence-corrected chi connectivity index (χ3v) is 4.27. The van der Waals surface area contributed by atoms with Gasteiger partial charge in [-0.15, -0.1) is 11.6 Å². The van der Waals surface area contributed by atoms with E-state index in [1.807, 2.05) is 30.9 Å². The third-order valence-electron chi connectivity index (χ3n) is 3.76. The minimum absolute atomic E-state index is 0.0285. The number of piperazine rings is 1. The first-order valence-electron chi connectivity index (χ1n) is 7.64. The van der Waals surface area contributed by atoms with Crippen molar-refractivity contribution in [2.75, 3.05) is 37.0 Å².